The van der Waals surface area contributed by atoms with Gasteiger partial charge in [0.05, 0.1) is 5.56 Å². The Balaban J connectivity index is 2.51. The number of carbonyl (C=O) groups excluding carboxylic acids is 1. The van der Waals surface area contributed by atoms with E-state index in [1.54, 1.807) is 24.3 Å². The number of rotatable bonds is 3. The third-order valence-corrected chi connectivity index (χ3v) is 2.88. The Morgan fingerprint density at radius 2 is 1.63 bits per heavy atom. The smallest absolute Gasteiger partial charge is 0.336 e. The van der Waals surface area contributed by atoms with Crippen molar-refractivity contribution in [3.8, 4) is 0 Å². The maximum Gasteiger partial charge on any atom is 0.336 e. The molecule has 4 nitrogen and oxygen atoms in total. The molecule has 96 valence electrons. The van der Waals surface area contributed by atoms with E-state index in [1.165, 1.54) is 18.2 Å². The van der Waals surface area contributed by atoms with Crippen LogP contribution in [-0.2, 0) is 0 Å². The topological polar surface area (TPSA) is 80.4 Å². The molecule has 0 heterocycles. The van der Waals surface area contributed by atoms with Gasteiger partial charge < -0.3 is 10.8 Å². The zero-order valence-corrected chi connectivity index (χ0v) is 10.5. The average Bonchev–Trinajstić information content (AvgIpc) is 2.38. The van der Waals surface area contributed by atoms with E-state index in [4.69, 9.17) is 22.4 Å². The predicted octanol–water partition coefficient (Wildman–Crippen LogP) is 2.85. The van der Waals surface area contributed by atoms with E-state index >= 15 is 0 Å². The molecule has 0 atom stereocenters. The van der Waals surface area contributed by atoms with Gasteiger partial charge in [0.1, 0.15) is 0 Å². The van der Waals surface area contributed by atoms with Crippen LogP contribution in [0.5, 0.6) is 0 Å². The van der Waals surface area contributed by atoms with Crippen molar-refractivity contribution in [3.63, 3.8) is 0 Å². The van der Waals surface area contributed by atoms with E-state index in [1.807, 2.05) is 0 Å². The summed E-state index contributed by atoms with van der Waals surface area (Å²) in [6, 6.07) is 10.4. The second-order valence-electron chi connectivity index (χ2n) is 3.95. The first-order chi connectivity index (χ1) is 8.99. The van der Waals surface area contributed by atoms with Crippen LogP contribution < -0.4 is 5.73 Å². The lowest BCUT2D eigenvalue weighted by Gasteiger charge is -2.06. The van der Waals surface area contributed by atoms with Gasteiger partial charge in [0, 0.05) is 21.8 Å². The highest BCUT2D eigenvalue weighted by molar-refractivity contribution is 6.30. The highest BCUT2D eigenvalue weighted by atomic mass is 35.5. The fourth-order valence-electron chi connectivity index (χ4n) is 1.69. The van der Waals surface area contributed by atoms with Crippen molar-refractivity contribution in [1.29, 1.82) is 0 Å². The Bertz CT molecular complexity index is 650. The van der Waals surface area contributed by atoms with Crippen molar-refractivity contribution < 1.29 is 14.7 Å². The molecule has 0 saturated heterocycles. The van der Waals surface area contributed by atoms with E-state index in [0.29, 0.717) is 16.3 Å². The first-order valence-corrected chi connectivity index (χ1v) is 5.80. The number of benzene rings is 2. The number of anilines is 1. The van der Waals surface area contributed by atoms with E-state index < -0.39 is 11.8 Å². The van der Waals surface area contributed by atoms with Gasteiger partial charge in [-0.3, -0.25) is 4.79 Å². The molecule has 5 heteroatoms. The van der Waals surface area contributed by atoms with Gasteiger partial charge in [-0.2, -0.15) is 0 Å². The molecular formula is C14H10ClNO3. The summed E-state index contributed by atoms with van der Waals surface area (Å²) in [6.07, 6.45) is 0. The van der Waals surface area contributed by atoms with Gasteiger partial charge in [-0.1, -0.05) is 11.6 Å². The molecule has 3 N–H and O–H groups in total. The molecule has 0 aliphatic rings. The molecule has 0 aromatic heterocycles. The minimum absolute atomic E-state index is 0.0647. The third kappa shape index (κ3) is 2.74. The normalized spacial score (nSPS) is 10.2. The quantitative estimate of drug-likeness (QED) is 0.667. The number of ketones is 1. The van der Waals surface area contributed by atoms with Gasteiger partial charge in [0.15, 0.2) is 5.78 Å². The Labute approximate surface area is 114 Å². The zero-order chi connectivity index (χ0) is 14.0. The summed E-state index contributed by atoms with van der Waals surface area (Å²) in [5.41, 5.74) is 6.29. The minimum Gasteiger partial charge on any atom is -0.478 e. The molecule has 0 aliphatic heterocycles. The van der Waals surface area contributed by atoms with Crippen molar-refractivity contribution in [1.82, 2.24) is 0 Å². The molecule has 19 heavy (non-hydrogen) atoms. The standard InChI is InChI=1S/C14H10ClNO3/c15-9-3-1-8(2-4-9)13(17)12-7-10(16)5-6-11(12)14(18)19/h1-7H,16H2,(H,18,19). The van der Waals surface area contributed by atoms with Crippen molar-refractivity contribution in [2.75, 3.05) is 5.73 Å². The number of carboxylic acids is 1. The first kappa shape index (κ1) is 13.1. The lowest BCUT2D eigenvalue weighted by Crippen LogP contribution is -2.10. The summed E-state index contributed by atoms with van der Waals surface area (Å²) in [5.74, 6) is -1.57. The van der Waals surface area contributed by atoms with Gasteiger partial charge >= 0.3 is 5.97 Å². The Morgan fingerprint density at radius 3 is 2.21 bits per heavy atom. The molecule has 0 aliphatic carbocycles. The molecular weight excluding hydrogens is 266 g/mol. The number of hydrogen-bond acceptors (Lipinski definition) is 3. The van der Waals surface area contributed by atoms with Crippen molar-refractivity contribution in [2.45, 2.75) is 0 Å². The molecule has 2 aromatic carbocycles. The lowest BCUT2D eigenvalue weighted by atomic mass is 9.98. The van der Waals surface area contributed by atoms with Gasteiger partial charge in [-0.05, 0) is 42.5 Å². The van der Waals surface area contributed by atoms with Crippen LogP contribution in [0.2, 0.25) is 5.02 Å². The summed E-state index contributed by atoms with van der Waals surface area (Å²) in [4.78, 5) is 23.4. The molecule has 0 unspecified atom stereocenters. The Morgan fingerprint density at radius 1 is 1.00 bits per heavy atom. The highest BCUT2D eigenvalue weighted by Crippen LogP contribution is 2.19. The van der Waals surface area contributed by atoms with E-state index in [2.05, 4.69) is 0 Å². The number of nitrogen functional groups attached to an aromatic ring is 1. The predicted molar refractivity (Wildman–Crippen MR) is 72.7 cm³/mol. The molecule has 0 saturated carbocycles. The van der Waals surface area contributed by atoms with Gasteiger partial charge in [-0.25, -0.2) is 4.79 Å². The van der Waals surface area contributed by atoms with Crippen LogP contribution in [0, 0.1) is 0 Å². The van der Waals surface area contributed by atoms with Crippen LogP contribution in [0.1, 0.15) is 26.3 Å². The molecule has 0 bridgehead atoms. The molecule has 2 aromatic rings. The summed E-state index contributed by atoms with van der Waals surface area (Å²) >= 11 is 5.74. The summed E-state index contributed by atoms with van der Waals surface area (Å²) in [7, 11) is 0. The first-order valence-electron chi connectivity index (χ1n) is 5.42. The second-order valence-corrected chi connectivity index (χ2v) is 4.38. The monoisotopic (exact) mass is 275 g/mol. The SMILES string of the molecule is Nc1ccc(C(=O)O)c(C(=O)c2ccc(Cl)cc2)c1. The van der Waals surface area contributed by atoms with Crippen molar-refractivity contribution in [2.24, 2.45) is 0 Å². The van der Waals surface area contributed by atoms with Crippen LogP contribution in [0.15, 0.2) is 42.5 Å². The van der Waals surface area contributed by atoms with Crippen LogP contribution in [0.4, 0.5) is 5.69 Å². The van der Waals surface area contributed by atoms with E-state index in [9.17, 15) is 9.59 Å². The molecule has 0 amide bonds. The van der Waals surface area contributed by atoms with Crippen molar-refractivity contribution >= 4 is 29.0 Å². The van der Waals surface area contributed by atoms with Crippen LogP contribution in [0.25, 0.3) is 0 Å². The van der Waals surface area contributed by atoms with Crippen LogP contribution >= 0.6 is 11.6 Å². The summed E-state index contributed by atoms with van der Waals surface area (Å²) in [6.45, 7) is 0. The third-order valence-electron chi connectivity index (χ3n) is 2.63. The minimum atomic E-state index is -1.17. The number of halogens is 1. The van der Waals surface area contributed by atoms with Crippen LogP contribution in [0.3, 0.4) is 0 Å². The number of hydrogen-bond donors (Lipinski definition) is 2. The number of carbonyl (C=O) groups is 2. The lowest BCUT2D eigenvalue weighted by molar-refractivity contribution is 0.0693. The van der Waals surface area contributed by atoms with Gasteiger partial charge in [-0.15, -0.1) is 0 Å². The van der Waals surface area contributed by atoms with E-state index in [0.717, 1.165) is 0 Å². The van der Waals surface area contributed by atoms with Crippen LogP contribution in [-0.4, -0.2) is 16.9 Å². The number of nitrogens with two attached hydrogens (primary N) is 1. The second kappa shape index (κ2) is 5.12. The zero-order valence-electron chi connectivity index (χ0n) is 9.76. The maximum absolute atomic E-state index is 12.3. The van der Waals surface area contributed by atoms with Gasteiger partial charge in [0.2, 0.25) is 0 Å². The Kier molecular flexibility index (Phi) is 3.53. The number of carboxylic acid groups (broad SMARTS) is 1. The molecule has 0 spiro atoms. The van der Waals surface area contributed by atoms with E-state index in [-0.39, 0.29) is 11.1 Å². The molecule has 0 fully saturated rings. The molecule has 2 rings (SSSR count). The summed E-state index contributed by atoms with van der Waals surface area (Å²) in [5, 5.41) is 9.58. The highest BCUT2D eigenvalue weighted by Gasteiger charge is 2.18. The number of aromatic carboxylic acids is 1. The summed E-state index contributed by atoms with van der Waals surface area (Å²) < 4.78 is 0. The van der Waals surface area contributed by atoms with Gasteiger partial charge in [0.25, 0.3) is 0 Å². The average molecular weight is 276 g/mol. The largest absolute Gasteiger partial charge is 0.478 e. The van der Waals surface area contributed by atoms with Crippen molar-refractivity contribution in [3.05, 3.63) is 64.2 Å². The maximum atomic E-state index is 12.3. The Hall–Kier alpha value is -2.33. The fraction of sp³-hybridized carbons (Fsp3) is 0. The fourth-order valence-corrected chi connectivity index (χ4v) is 1.82. The molecule has 0 radical (unpaired) electrons.